The van der Waals surface area contributed by atoms with Crippen molar-refractivity contribution in [1.82, 2.24) is 0 Å². The number of nitro groups is 1. The van der Waals surface area contributed by atoms with Crippen LogP contribution >= 0.6 is 15.9 Å². The summed E-state index contributed by atoms with van der Waals surface area (Å²) < 4.78 is -0.881. The molecule has 0 aromatic heterocycles. The standard InChI is InChI=1S/C9H16BrNO2/c1-7-4-8(2,3)6-9(10,5-7)11(12)13/h7H,4-6H2,1-3H3. The van der Waals surface area contributed by atoms with E-state index in [1.54, 1.807) is 0 Å². The normalized spacial score (nSPS) is 38.6. The molecule has 0 amide bonds. The molecule has 0 aliphatic heterocycles. The Bertz CT molecular complexity index is 230. The van der Waals surface area contributed by atoms with Crippen LogP contribution in [-0.4, -0.2) is 9.37 Å². The highest BCUT2D eigenvalue weighted by Gasteiger charge is 2.49. The predicted octanol–water partition coefficient (Wildman–Crippen LogP) is 3.20. The molecule has 0 N–H and O–H groups in total. The van der Waals surface area contributed by atoms with Crippen LogP contribution in [0.5, 0.6) is 0 Å². The molecule has 0 saturated heterocycles. The van der Waals surface area contributed by atoms with Gasteiger partial charge in [0.2, 0.25) is 0 Å². The maximum Gasteiger partial charge on any atom is 0.275 e. The third kappa shape index (κ3) is 2.42. The van der Waals surface area contributed by atoms with E-state index in [-0.39, 0.29) is 10.3 Å². The van der Waals surface area contributed by atoms with E-state index in [9.17, 15) is 10.1 Å². The molecule has 0 aromatic carbocycles. The van der Waals surface area contributed by atoms with Gasteiger partial charge in [0.25, 0.3) is 4.45 Å². The first-order valence-corrected chi connectivity index (χ1v) is 5.38. The largest absolute Gasteiger partial charge is 0.275 e. The summed E-state index contributed by atoms with van der Waals surface area (Å²) in [5.74, 6) is 0.425. The number of hydrogen-bond acceptors (Lipinski definition) is 2. The SMILES string of the molecule is CC1CC(C)(C)CC(Br)([N+](=O)[O-])C1. The maximum atomic E-state index is 10.9. The topological polar surface area (TPSA) is 43.1 Å². The molecule has 0 radical (unpaired) electrons. The van der Waals surface area contributed by atoms with Gasteiger partial charge in [0, 0.05) is 33.7 Å². The molecule has 2 unspecified atom stereocenters. The predicted molar refractivity (Wildman–Crippen MR) is 55.4 cm³/mol. The second-order valence-corrected chi connectivity index (χ2v) is 6.51. The Morgan fingerprint density at radius 2 is 2.00 bits per heavy atom. The van der Waals surface area contributed by atoms with Crippen LogP contribution in [0.15, 0.2) is 0 Å². The lowest BCUT2D eigenvalue weighted by molar-refractivity contribution is -0.544. The van der Waals surface area contributed by atoms with Crippen molar-refractivity contribution >= 4 is 15.9 Å². The molecule has 3 nitrogen and oxygen atoms in total. The van der Waals surface area contributed by atoms with Gasteiger partial charge in [0.1, 0.15) is 0 Å². The summed E-state index contributed by atoms with van der Waals surface area (Å²) in [6, 6.07) is 0. The van der Waals surface area contributed by atoms with Crippen molar-refractivity contribution in [2.75, 3.05) is 0 Å². The lowest BCUT2D eigenvalue weighted by atomic mass is 9.71. The van der Waals surface area contributed by atoms with Crippen LogP contribution in [0.3, 0.4) is 0 Å². The molecule has 1 aliphatic carbocycles. The van der Waals surface area contributed by atoms with Crippen LogP contribution in [-0.2, 0) is 0 Å². The van der Waals surface area contributed by atoms with Gasteiger partial charge in [-0.1, -0.05) is 20.8 Å². The molecule has 0 heterocycles. The molecular weight excluding hydrogens is 234 g/mol. The van der Waals surface area contributed by atoms with Gasteiger partial charge in [0.15, 0.2) is 0 Å². The van der Waals surface area contributed by atoms with Gasteiger partial charge in [-0.15, -0.1) is 0 Å². The molecule has 0 aromatic rings. The van der Waals surface area contributed by atoms with Gasteiger partial charge in [-0.05, 0) is 17.8 Å². The fourth-order valence-electron chi connectivity index (χ4n) is 2.57. The van der Waals surface area contributed by atoms with E-state index in [1.807, 2.05) is 0 Å². The van der Waals surface area contributed by atoms with Gasteiger partial charge in [-0.25, -0.2) is 0 Å². The van der Waals surface area contributed by atoms with Crippen LogP contribution in [0, 0.1) is 21.4 Å². The number of rotatable bonds is 1. The van der Waals surface area contributed by atoms with Crippen molar-refractivity contribution in [2.24, 2.45) is 11.3 Å². The van der Waals surface area contributed by atoms with Crippen LogP contribution in [0.1, 0.15) is 40.0 Å². The van der Waals surface area contributed by atoms with Gasteiger partial charge in [-0.3, -0.25) is 10.1 Å². The van der Waals surface area contributed by atoms with Gasteiger partial charge in [-0.2, -0.15) is 0 Å². The Morgan fingerprint density at radius 3 is 2.38 bits per heavy atom. The van der Waals surface area contributed by atoms with Gasteiger partial charge < -0.3 is 0 Å². The van der Waals surface area contributed by atoms with E-state index >= 15 is 0 Å². The first kappa shape index (κ1) is 11.0. The smallest absolute Gasteiger partial charge is 0.263 e. The summed E-state index contributed by atoms with van der Waals surface area (Å²) in [5.41, 5.74) is 0.0776. The zero-order chi connectivity index (χ0) is 10.3. The highest BCUT2D eigenvalue weighted by atomic mass is 79.9. The summed E-state index contributed by atoms with van der Waals surface area (Å²) in [5, 5.41) is 10.9. The van der Waals surface area contributed by atoms with E-state index in [4.69, 9.17) is 0 Å². The Labute approximate surface area is 87.2 Å². The minimum Gasteiger partial charge on any atom is -0.263 e. The summed E-state index contributed by atoms with van der Waals surface area (Å²) in [7, 11) is 0. The number of hydrogen-bond donors (Lipinski definition) is 0. The zero-order valence-electron chi connectivity index (χ0n) is 8.34. The molecule has 1 fully saturated rings. The van der Waals surface area contributed by atoms with Crippen LogP contribution < -0.4 is 0 Å². The highest BCUT2D eigenvalue weighted by Crippen LogP contribution is 2.48. The molecule has 1 aliphatic rings. The van der Waals surface area contributed by atoms with Crippen molar-refractivity contribution in [1.29, 1.82) is 0 Å². The van der Waals surface area contributed by atoms with Crippen LogP contribution in [0.25, 0.3) is 0 Å². The summed E-state index contributed by atoms with van der Waals surface area (Å²) in [4.78, 5) is 10.7. The van der Waals surface area contributed by atoms with E-state index in [0.29, 0.717) is 18.8 Å². The van der Waals surface area contributed by atoms with Crippen molar-refractivity contribution < 1.29 is 4.92 Å². The Kier molecular flexibility index (Phi) is 2.72. The van der Waals surface area contributed by atoms with Crippen molar-refractivity contribution in [2.45, 2.75) is 44.5 Å². The quantitative estimate of drug-likeness (QED) is 0.310. The lowest BCUT2D eigenvalue weighted by Crippen LogP contribution is -2.43. The second-order valence-electron chi connectivity index (χ2n) is 5.03. The summed E-state index contributed by atoms with van der Waals surface area (Å²) in [6.45, 7) is 6.28. The minimum absolute atomic E-state index is 0.0776. The highest BCUT2D eigenvalue weighted by molar-refractivity contribution is 9.10. The molecule has 4 heteroatoms. The molecule has 0 spiro atoms. The summed E-state index contributed by atoms with van der Waals surface area (Å²) in [6.07, 6.45) is 2.34. The molecular formula is C9H16BrNO2. The molecule has 2 atom stereocenters. The van der Waals surface area contributed by atoms with E-state index in [1.165, 1.54) is 0 Å². The third-order valence-corrected chi connectivity index (χ3v) is 3.53. The van der Waals surface area contributed by atoms with Crippen molar-refractivity contribution in [3.63, 3.8) is 0 Å². The number of nitrogens with zero attached hydrogens (tertiary/aromatic N) is 1. The summed E-state index contributed by atoms with van der Waals surface area (Å²) >= 11 is 3.28. The average Bonchev–Trinajstić information content (AvgIpc) is 1.79. The Hall–Kier alpha value is -0.120. The zero-order valence-corrected chi connectivity index (χ0v) is 9.93. The molecule has 1 saturated carbocycles. The average molecular weight is 250 g/mol. The van der Waals surface area contributed by atoms with Crippen molar-refractivity contribution in [3.05, 3.63) is 10.1 Å². The maximum absolute atomic E-state index is 10.9. The first-order chi connectivity index (χ1) is 5.75. The third-order valence-electron chi connectivity index (χ3n) is 2.64. The Balaban J connectivity index is 2.84. The molecule has 1 rings (SSSR count). The fourth-order valence-corrected chi connectivity index (χ4v) is 3.88. The number of alkyl halides is 1. The van der Waals surface area contributed by atoms with Gasteiger partial charge in [0.05, 0.1) is 0 Å². The fraction of sp³-hybridized carbons (Fsp3) is 1.00. The monoisotopic (exact) mass is 249 g/mol. The van der Waals surface area contributed by atoms with Crippen LogP contribution in [0.2, 0.25) is 0 Å². The van der Waals surface area contributed by atoms with Gasteiger partial charge >= 0.3 is 0 Å². The molecule has 0 bridgehead atoms. The number of halogens is 1. The second kappa shape index (κ2) is 3.23. The molecule has 76 valence electrons. The minimum atomic E-state index is -0.881. The first-order valence-electron chi connectivity index (χ1n) is 4.59. The van der Waals surface area contributed by atoms with Crippen LogP contribution in [0.4, 0.5) is 0 Å². The van der Waals surface area contributed by atoms with E-state index in [2.05, 4.69) is 36.7 Å². The molecule has 13 heavy (non-hydrogen) atoms. The van der Waals surface area contributed by atoms with E-state index < -0.39 is 4.45 Å². The van der Waals surface area contributed by atoms with E-state index in [0.717, 1.165) is 6.42 Å². The Morgan fingerprint density at radius 1 is 1.46 bits per heavy atom. The van der Waals surface area contributed by atoms with Crippen molar-refractivity contribution in [3.8, 4) is 0 Å². The lowest BCUT2D eigenvalue weighted by Gasteiger charge is -2.39.